The Morgan fingerprint density at radius 3 is 2.93 bits per heavy atom. The van der Waals surface area contributed by atoms with Crippen LogP contribution in [0.5, 0.6) is 0 Å². The molecule has 76 valence electrons. The number of aromatic nitrogens is 2. The van der Waals surface area contributed by atoms with E-state index in [1.807, 2.05) is 6.92 Å². The van der Waals surface area contributed by atoms with Crippen molar-refractivity contribution in [2.75, 3.05) is 5.73 Å². The molecule has 3 nitrogen and oxygen atoms in total. The molecule has 0 saturated heterocycles. The van der Waals surface area contributed by atoms with Gasteiger partial charge in [-0.1, -0.05) is 13.3 Å². The van der Waals surface area contributed by atoms with Crippen molar-refractivity contribution in [3.05, 3.63) is 17.0 Å². The lowest BCUT2D eigenvalue weighted by Gasteiger charge is -2.23. The number of nitrogens with two attached hydrogens (primary N) is 1. The molecule has 14 heavy (non-hydrogen) atoms. The SMILES string of the molecule is CCC1CCc2c(C)nc(N)nc2C1. The van der Waals surface area contributed by atoms with Crippen LogP contribution in [0.15, 0.2) is 0 Å². The summed E-state index contributed by atoms with van der Waals surface area (Å²) in [6.45, 7) is 4.27. The minimum absolute atomic E-state index is 0.429. The highest BCUT2D eigenvalue weighted by Gasteiger charge is 2.20. The molecule has 2 N–H and O–H groups in total. The van der Waals surface area contributed by atoms with Crippen LogP contribution < -0.4 is 5.73 Å². The summed E-state index contributed by atoms with van der Waals surface area (Å²) in [5.41, 5.74) is 9.24. The van der Waals surface area contributed by atoms with Gasteiger partial charge in [-0.25, -0.2) is 9.97 Å². The van der Waals surface area contributed by atoms with Crippen LogP contribution in [0.25, 0.3) is 0 Å². The maximum Gasteiger partial charge on any atom is 0.220 e. The molecule has 0 fully saturated rings. The van der Waals surface area contributed by atoms with Gasteiger partial charge in [0.05, 0.1) is 0 Å². The van der Waals surface area contributed by atoms with Crippen molar-refractivity contribution >= 4 is 5.95 Å². The summed E-state index contributed by atoms with van der Waals surface area (Å²) in [6.07, 6.45) is 4.72. The molecule has 2 rings (SSSR count). The highest BCUT2D eigenvalue weighted by molar-refractivity contribution is 5.33. The van der Waals surface area contributed by atoms with Crippen LogP contribution in [0.1, 0.15) is 36.7 Å². The number of fused-ring (bicyclic) bond motifs is 1. The number of hydrogen-bond acceptors (Lipinski definition) is 3. The van der Waals surface area contributed by atoms with Crippen molar-refractivity contribution in [3.63, 3.8) is 0 Å². The molecule has 1 aliphatic carbocycles. The summed E-state index contributed by atoms with van der Waals surface area (Å²) in [7, 11) is 0. The number of hydrogen-bond donors (Lipinski definition) is 1. The normalized spacial score (nSPS) is 20.6. The molecule has 0 spiro atoms. The summed E-state index contributed by atoms with van der Waals surface area (Å²) in [4.78, 5) is 8.54. The topological polar surface area (TPSA) is 51.8 Å². The molecule has 0 bridgehead atoms. The first kappa shape index (κ1) is 9.44. The fourth-order valence-electron chi connectivity index (χ4n) is 2.25. The second-order valence-corrected chi connectivity index (χ2v) is 4.11. The van der Waals surface area contributed by atoms with Crippen molar-refractivity contribution in [1.29, 1.82) is 0 Å². The summed E-state index contributed by atoms with van der Waals surface area (Å²) in [5, 5.41) is 0. The minimum atomic E-state index is 0.429. The third kappa shape index (κ3) is 1.59. The van der Waals surface area contributed by atoms with Crippen molar-refractivity contribution in [2.45, 2.75) is 39.5 Å². The Morgan fingerprint density at radius 1 is 1.43 bits per heavy atom. The Kier molecular flexibility index (Phi) is 2.40. The smallest absolute Gasteiger partial charge is 0.220 e. The molecule has 0 radical (unpaired) electrons. The van der Waals surface area contributed by atoms with E-state index in [-0.39, 0.29) is 0 Å². The fourth-order valence-corrected chi connectivity index (χ4v) is 2.25. The van der Waals surface area contributed by atoms with E-state index in [1.54, 1.807) is 0 Å². The molecule has 0 aromatic carbocycles. The van der Waals surface area contributed by atoms with Crippen LogP contribution in [0.3, 0.4) is 0 Å². The van der Waals surface area contributed by atoms with E-state index in [2.05, 4.69) is 16.9 Å². The monoisotopic (exact) mass is 191 g/mol. The first-order chi connectivity index (χ1) is 6.70. The summed E-state index contributed by atoms with van der Waals surface area (Å²) in [5.74, 6) is 1.22. The van der Waals surface area contributed by atoms with Gasteiger partial charge in [0.2, 0.25) is 5.95 Å². The molecule has 1 aromatic heterocycles. The van der Waals surface area contributed by atoms with E-state index in [1.165, 1.54) is 24.1 Å². The van der Waals surface area contributed by atoms with Gasteiger partial charge in [-0.15, -0.1) is 0 Å². The second-order valence-electron chi connectivity index (χ2n) is 4.11. The van der Waals surface area contributed by atoms with Crippen LogP contribution in [0.4, 0.5) is 5.95 Å². The van der Waals surface area contributed by atoms with Gasteiger partial charge in [-0.3, -0.25) is 0 Å². The molecular weight excluding hydrogens is 174 g/mol. The summed E-state index contributed by atoms with van der Waals surface area (Å²) >= 11 is 0. The van der Waals surface area contributed by atoms with Crippen LogP contribution >= 0.6 is 0 Å². The molecule has 0 amide bonds. The van der Waals surface area contributed by atoms with E-state index >= 15 is 0 Å². The van der Waals surface area contributed by atoms with Gasteiger partial charge in [0.1, 0.15) is 0 Å². The van der Waals surface area contributed by atoms with E-state index in [9.17, 15) is 0 Å². The molecule has 0 saturated carbocycles. The molecule has 3 heteroatoms. The lowest BCUT2D eigenvalue weighted by atomic mass is 9.85. The zero-order valence-electron chi connectivity index (χ0n) is 8.88. The molecule has 1 aliphatic rings. The minimum Gasteiger partial charge on any atom is -0.368 e. The van der Waals surface area contributed by atoms with E-state index < -0.39 is 0 Å². The van der Waals surface area contributed by atoms with Gasteiger partial charge in [0.25, 0.3) is 0 Å². The second kappa shape index (κ2) is 3.56. The lowest BCUT2D eigenvalue weighted by molar-refractivity contribution is 0.436. The van der Waals surface area contributed by atoms with Gasteiger partial charge < -0.3 is 5.73 Å². The van der Waals surface area contributed by atoms with E-state index in [4.69, 9.17) is 5.73 Å². The van der Waals surface area contributed by atoms with Gasteiger partial charge in [0.15, 0.2) is 0 Å². The zero-order valence-corrected chi connectivity index (χ0v) is 8.88. The Hall–Kier alpha value is -1.12. The Bertz CT molecular complexity index is 347. The molecule has 1 aromatic rings. The first-order valence-electron chi connectivity index (χ1n) is 5.32. The van der Waals surface area contributed by atoms with Crippen molar-refractivity contribution in [1.82, 2.24) is 9.97 Å². The Balaban J connectivity index is 2.37. The third-order valence-corrected chi connectivity index (χ3v) is 3.18. The highest BCUT2D eigenvalue weighted by atomic mass is 15.0. The van der Waals surface area contributed by atoms with Crippen molar-refractivity contribution in [3.8, 4) is 0 Å². The van der Waals surface area contributed by atoms with Gasteiger partial charge in [0, 0.05) is 11.4 Å². The predicted molar refractivity (Wildman–Crippen MR) is 57.0 cm³/mol. The van der Waals surface area contributed by atoms with Gasteiger partial charge in [-0.2, -0.15) is 0 Å². The average molecular weight is 191 g/mol. The molecule has 0 aliphatic heterocycles. The van der Waals surface area contributed by atoms with E-state index in [0.29, 0.717) is 5.95 Å². The maximum absolute atomic E-state index is 5.65. The Labute approximate surface area is 84.8 Å². The molecule has 1 atom stereocenters. The predicted octanol–water partition coefficient (Wildman–Crippen LogP) is 1.88. The van der Waals surface area contributed by atoms with Crippen LogP contribution in [-0.4, -0.2) is 9.97 Å². The fraction of sp³-hybridized carbons (Fsp3) is 0.636. The van der Waals surface area contributed by atoms with Crippen LogP contribution in [0.2, 0.25) is 0 Å². The first-order valence-corrected chi connectivity index (χ1v) is 5.32. The summed E-state index contributed by atoms with van der Waals surface area (Å²) < 4.78 is 0. The largest absolute Gasteiger partial charge is 0.368 e. The quantitative estimate of drug-likeness (QED) is 0.737. The molecule has 1 heterocycles. The molecule has 1 unspecified atom stereocenters. The standard InChI is InChI=1S/C11H17N3/c1-3-8-4-5-9-7(2)13-11(12)14-10(9)6-8/h8H,3-6H2,1-2H3,(H2,12,13,14). The van der Waals surface area contributed by atoms with E-state index in [0.717, 1.165) is 24.5 Å². The van der Waals surface area contributed by atoms with Gasteiger partial charge >= 0.3 is 0 Å². The third-order valence-electron chi connectivity index (χ3n) is 3.18. The highest BCUT2D eigenvalue weighted by Crippen LogP contribution is 2.27. The maximum atomic E-state index is 5.65. The molecular formula is C11H17N3. The number of nitrogen functional groups attached to an aromatic ring is 1. The van der Waals surface area contributed by atoms with Gasteiger partial charge in [-0.05, 0) is 37.7 Å². The number of rotatable bonds is 1. The average Bonchev–Trinajstić information content (AvgIpc) is 2.16. The number of aryl methyl sites for hydroxylation is 1. The number of anilines is 1. The Morgan fingerprint density at radius 2 is 2.21 bits per heavy atom. The van der Waals surface area contributed by atoms with Crippen molar-refractivity contribution < 1.29 is 0 Å². The van der Waals surface area contributed by atoms with Crippen LogP contribution in [-0.2, 0) is 12.8 Å². The zero-order chi connectivity index (χ0) is 10.1. The van der Waals surface area contributed by atoms with Crippen molar-refractivity contribution in [2.24, 2.45) is 5.92 Å². The lowest BCUT2D eigenvalue weighted by Crippen LogP contribution is -2.18. The number of nitrogens with zero attached hydrogens (tertiary/aromatic N) is 2. The van der Waals surface area contributed by atoms with Crippen LogP contribution in [0, 0.1) is 12.8 Å². The summed E-state index contributed by atoms with van der Waals surface area (Å²) in [6, 6.07) is 0.